The van der Waals surface area contributed by atoms with Gasteiger partial charge in [-0.25, -0.2) is 9.18 Å². The van der Waals surface area contributed by atoms with E-state index in [1.165, 1.54) is 6.07 Å². The van der Waals surface area contributed by atoms with Crippen LogP contribution in [0.25, 0.3) is 0 Å². The van der Waals surface area contributed by atoms with Crippen molar-refractivity contribution in [3.63, 3.8) is 0 Å². The number of amides is 3. The Morgan fingerprint density at radius 1 is 1.09 bits per heavy atom. The lowest BCUT2D eigenvalue weighted by Crippen LogP contribution is -2.46. The smallest absolute Gasteiger partial charge is 0.317 e. The molecule has 1 aliphatic heterocycles. The summed E-state index contributed by atoms with van der Waals surface area (Å²) in [4.78, 5) is 25.9. The van der Waals surface area contributed by atoms with Gasteiger partial charge in [0.1, 0.15) is 5.82 Å². The highest BCUT2D eigenvalue weighted by Gasteiger charge is 2.30. The average molecular weight is 305 g/mol. The van der Waals surface area contributed by atoms with Gasteiger partial charge in [-0.2, -0.15) is 0 Å². The highest BCUT2D eigenvalue weighted by atomic mass is 19.1. The second-order valence-corrected chi connectivity index (χ2v) is 5.95. The molecule has 2 fully saturated rings. The minimum absolute atomic E-state index is 0.0320. The second-order valence-electron chi connectivity index (χ2n) is 5.95. The number of nitrogens with zero attached hydrogens (tertiary/aromatic N) is 1. The maximum Gasteiger partial charge on any atom is 0.317 e. The Hall–Kier alpha value is -2.11. The van der Waals surface area contributed by atoms with Crippen LogP contribution in [0.2, 0.25) is 0 Å². The molecule has 22 heavy (non-hydrogen) atoms. The fourth-order valence-corrected chi connectivity index (χ4v) is 2.64. The van der Waals surface area contributed by atoms with Gasteiger partial charge in [0.2, 0.25) is 5.91 Å². The predicted octanol–water partition coefficient (Wildman–Crippen LogP) is 2.35. The summed E-state index contributed by atoms with van der Waals surface area (Å²) in [5.74, 6) is -0.783. The van der Waals surface area contributed by atoms with Crippen LogP contribution in [0.5, 0.6) is 0 Å². The summed E-state index contributed by atoms with van der Waals surface area (Å²) in [7, 11) is 0. The van der Waals surface area contributed by atoms with Crippen molar-refractivity contribution < 1.29 is 14.0 Å². The number of rotatable bonds is 3. The molecule has 6 heteroatoms. The van der Waals surface area contributed by atoms with Crippen molar-refractivity contribution in [2.24, 2.45) is 5.92 Å². The Bertz CT molecular complexity index is 566. The molecule has 0 spiro atoms. The van der Waals surface area contributed by atoms with Gasteiger partial charge in [0.15, 0.2) is 0 Å². The van der Waals surface area contributed by atoms with Gasteiger partial charge in [-0.05, 0) is 37.8 Å². The summed E-state index contributed by atoms with van der Waals surface area (Å²) >= 11 is 0. The zero-order valence-electron chi connectivity index (χ0n) is 12.3. The Morgan fingerprint density at radius 2 is 1.77 bits per heavy atom. The quantitative estimate of drug-likeness (QED) is 0.900. The third-order valence-corrected chi connectivity index (χ3v) is 4.19. The van der Waals surface area contributed by atoms with E-state index in [9.17, 15) is 14.0 Å². The number of hydrogen-bond acceptors (Lipinski definition) is 2. The molecule has 118 valence electrons. The monoisotopic (exact) mass is 305 g/mol. The van der Waals surface area contributed by atoms with Gasteiger partial charge >= 0.3 is 6.03 Å². The molecule has 5 nitrogen and oxygen atoms in total. The lowest BCUT2D eigenvalue weighted by Gasteiger charge is -2.31. The van der Waals surface area contributed by atoms with E-state index in [1.54, 1.807) is 23.1 Å². The first-order valence-electron chi connectivity index (χ1n) is 7.74. The van der Waals surface area contributed by atoms with Gasteiger partial charge < -0.3 is 15.5 Å². The topological polar surface area (TPSA) is 61.4 Å². The standard InChI is InChI=1S/C16H20FN3O2/c17-13-3-1-2-4-14(13)19-15(21)11-7-9-20(10-8-11)16(22)18-12-5-6-12/h1-4,11-12H,5-10H2,(H,18,22)(H,19,21). The van der Waals surface area contributed by atoms with E-state index in [2.05, 4.69) is 10.6 Å². The molecule has 0 radical (unpaired) electrons. The molecule has 0 atom stereocenters. The normalized spacial score (nSPS) is 18.9. The van der Waals surface area contributed by atoms with Gasteiger partial charge in [-0.15, -0.1) is 0 Å². The van der Waals surface area contributed by atoms with Gasteiger partial charge in [0.05, 0.1) is 5.69 Å². The van der Waals surface area contributed by atoms with Crippen LogP contribution in [0.15, 0.2) is 24.3 Å². The number of piperidine rings is 1. The first-order chi connectivity index (χ1) is 10.6. The van der Waals surface area contributed by atoms with Crippen LogP contribution in [-0.4, -0.2) is 36.0 Å². The number of benzene rings is 1. The van der Waals surface area contributed by atoms with Crippen LogP contribution in [-0.2, 0) is 4.79 Å². The third kappa shape index (κ3) is 3.55. The molecule has 2 N–H and O–H groups in total. The fourth-order valence-electron chi connectivity index (χ4n) is 2.64. The van der Waals surface area contributed by atoms with E-state index < -0.39 is 5.82 Å². The number of likely N-dealkylation sites (tertiary alicyclic amines) is 1. The maximum absolute atomic E-state index is 13.5. The van der Waals surface area contributed by atoms with Crippen molar-refractivity contribution in [1.82, 2.24) is 10.2 Å². The molecule has 0 aromatic heterocycles. The fraction of sp³-hybridized carbons (Fsp3) is 0.500. The van der Waals surface area contributed by atoms with E-state index in [0.29, 0.717) is 32.0 Å². The van der Waals surface area contributed by atoms with Crippen LogP contribution in [0.4, 0.5) is 14.9 Å². The minimum atomic E-state index is -0.433. The van der Waals surface area contributed by atoms with Crippen molar-refractivity contribution in [3.05, 3.63) is 30.1 Å². The molecule has 1 saturated heterocycles. The van der Waals surface area contributed by atoms with Gasteiger partial charge in [0.25, 0.3) is 0 Å². The molecule has 0 unspecified atom stereocenters. The number of para-hydroxylation sites is 1. The SMILES string of the molecule is O=C(Nc1ccccc1F)C1CCN(C(=O)NC2CC2)CC1. The van der Waals surface area contributed by atoms with Gasteiger partial charge in [0, 0.05) is 25.0 Å². The Balaban J connectivity index is 1.49. The van der Waals surface area contributed by atoms with E-state index in [-0.39, 0.29) is 23.5 Å². The molecule has 3 amide bonds. The van der Waals surface area contributed by atoms with E-state index in [4.69, 9.17) is 0 Å². The Kier molecular flexibility index (Phi) is 4.27. The van der Waals surface area contributed by atoms with Crippen molar-refractivity contribution in [3.8, 4) is 0 Å². The van der Waals surface area contributed by atoms with E-state index in [0.717, 1.165) is 12.8 Å². The van der Waals surface area contributed by atoms with Crippen LogP contribution in [0.1, 0.15) is 25.7 Å². The maximum atomic E-state index is 13.5. The molecular weight excluding hydrogens is 285 g/mol. The number of carbonyl (C=O) groups is 2. The number of halogens is 1. The van der Waals surface area contributed by atoms with Crippen molar-refractivity contribution in [2.75, 3.05) is 18.4 Å². The molecule has 1 aromatic carbocycles. The lowest BCUT2D eigenvalue weighted by atomic mass is 9.96. The first-order valence-corrected chi connectivity index (χ1v) is 7.74. The second kappa shape index (κ2) is 6.34. The van der Waals surface area contributed by atoms with Crippen LogP contribution in [0, 0.1) is 11.7 Å². The molecule has 1 saturated carbocycles. The van der Waals surface area contributed by atoms with Crippen molar-refractivity contribution in [2.45, 2.75) is 31.7 Å². The zero-order chi connectivity index (χ0) is 15.5. The largest absolute Gasteiger partial charge is 0.335 e. The summed E-state index contributed by atoms with van der Waals surface area (Å²) in [6.45, 7) is 1.13. The Morgan fingerprint density at radius 3 is 2.41 bits per heavy atom. The summed E-state index contributed by atoms with van der Waals surface area (Å²) in [5, 5.41) is 5.58. The van der Waals surface area contributed by atoms with Gasteiger partial charge in [-0.3, -0.25) is 4.79 Å². The summed E-state index contributed by atoms with van der Waals surface area (Å²) < 4.78 is 13.5. The molecule has 2 aliphatic rings. The Labute approximate surface area is 128 Å². The molecule has 1 aliphatic carbocycles. The van der Waals surface area contributed by atoms with E-state index >= 15 is 0 Å². The number of nitrogens with one attached hydrogen (secondary N) is 2. The van der Waals surface area contributed by atoms with Crippen LogP contribution < -0.4 is 10.6 Å². The highest BCUT2D eigenvalue weighted by molar-refractivity contribution is 5.92. The van der Waals surface area contributed by atoms with Crippen molar-refractivity contribution in [1.29, 1.82) is 0 Å². The summed E-state index contributed by atoms with van der Waals surface area (Å²) in [6.07, 6.45) is 3.34. The van der Waals surface area contributed by atoms with Crippen LogP contribution in [0.3, 0.4) is 0 Å². The van der Waals surface area contributed by atoms with E-state index in [1.807, 2.05) is 0 Å². The summed E-state index contributed by atoms with van der Waals surface area (Å²) in [6, 6.07) is 6.45. The lowest BCUT2D eigenvalue weighted by molar-refractivity contribution is -0.121. The first kappa shape index (κ1) is 14.8. The third-order valence-electron chi connectivity index (χ3n) is 4.19. The predicted molar refractivity (Wildman–Crippen MR) is 80.9 cm³/mol. The number of anilines is 1. The van der Waals surface area contributed by atoms with Gasteiger partial charge in [-0.1, -0.05) is 12.1 Å². The van der Waals surface area contributed by atoms with Crippen LogP contribution >= 0.6 is 0 Å². The minimum Gasteiger partial charge on any atom is -0.335 e. The zero-order valence-corrected chi connectivity index (χ0v) is 12.3. The summed E-state index contributed by atoms with van der Waals surface area (Å²) in [5.41, 5.74) is 0.210. The molecular formula is C16H20FN3O2. The molecule has 1 aromatic rings. The highest BCUT2D eigenvalue weighted by Crippen LogP contribution is 2.22. The number of carbonyl (C=O) groups excluding carboxylic acids is 2. The molecule has 3 rings (SSSR count). The number of hydrogen-bond donors (Lipinski definition) is 2. The average Bonchev–Trinajstić information content (AvgIpc) is 3.33. The molecule has 1 heterocycles. The molecule has 0 bridgehead atoms. The number of urea groups is 1. The van der Waals surface area contributed by atoms with Crippen molar-refractivity contribution >= 4 is 17.6 Å².